The second kappa shape index (κ2) is 5.56. The van der Waals surface area contributed by atoms with Gasteiger partial charge in [-0.15, -0.1) is 0 Å². The third-order valence-corrected chi connectivity index (χ3v) is 2.95. The summed E-state index contributed by atoms with van der Waals surface area (Å²) in [6.07, 6.45) is 1.73. The van der Waals surface area contributed by atoms with E-state index in [1.807, 2.05) is 26.8 Å². The highest BCUT2D eigenvalue weighted by Gasteiger charge is 2.24. The molecule has 0 saturated carbocycles. The molecule has 0 radical (unpaired) electrons. The topological polar surface area (TPSA) is 61.0 Å². The Bertz CT molecular complexity index is 377. The molecule has 0 aromatic carbocycles. The predicted molar refractivity (Wildman–Crippen MR) is 68.8 cm³/mol. The Morgan fingerprint density at radius 3 is 2.59 bits per heavy atom. The van der Waals surface area contributed by atoms with Gasteiger partial charge >= 0.3 is 0 Å². The lowest BCUT2D eigenvalue weighted by Gasteiger charge is -2.22. The van der Waals surface area contributed by atoms with E-state index < -0.39 is 5.60 Å². The first-order valence-electron chi connectivity index (χ1n) is 6.04. The molecule has 0 aliphatic rings. The fraction of sp³-hybridized carbons (Fsp3) is 0.692. The molecule has 1 aromatic heterocycles. The van der Waals surface area contributed by atoms with Gasteiger partial charge in [-0.05, 0) is 33.3 Å². The molecule has 1 aromatic rings. The average Bonchev–Trinajstić information content (AvgIpc) is 2.28. The van der Waals surface area contributed by atoms with Crippen LogP contribution in [0.15, 0.2) is 6.07 Å². The monoisotopic (exact) mass is 237 g/mol. The van der Waals surface area contributed by atoms with Gasteiger partial charge in [0, 0.05) is 31.0 Å². The van der Waals surface area contributed by atoms with Crippen molar-refractivity contribution in [2.75, 3.05) is 7.11 Å². The van der Waals surface area contributed by atoms with Gasteiger partial charge in [-0.3, -0.25) is 0 Å². The molecule has 4 heteroatoms. The number of rotatable bonds is 5. The number of nitrogens with zero attached hydrogens (tertiary/aromatic N) is 2. The smallest absolute Gasteiger partial charge is 0.160 e. The second-order valence-corrected chi connectivity index (χ2v) is 4.91. The Morgan fingerprint density at radius 1 is 1.41 bits per heavy atom. The summed E-state index contributed by atoms with van der Waals surface area (Å²) in [5, 5.41) is 0. The van der Waals surface area contributed by atoms with Crippen LogP contribution in [-0.4, -0.2) is 23.1 Å². The molecule has 0 saturated heterocycles. The van der Waals surface area contributed by atoms with Crippen molar-refractivity contribution in [2.24, 2.45) is 5.73 Å². The van der Waals surface area contributed by atoms with E-state index in [-0.39, 0.29) is 6.04 Å². The minimum atomic E-state index is -0.461. The molecule has 0 bridgehead atoms. The molecule has 4 nitrogen and oxygen atoms in total. The maximum Gasteiger partial charge on any atom is 0.160 e. The van der Waals surface area contributed by atoms with Crippen LogP contribution in [0.2, 0.25) is 0 Å². The lowest BCUT2D eigenvalue weighted by molar-refractivity contribution is 0.0111. The molecule has 0 aliphatic carbocycles. The van der Waals surface area contributed by atoms with Crippen molar-refractivity contribution in [3.05, 3.63) is 23.3 Å². The van der Waals surface area contributed by atoms with Crippen molar-refractivity contribution < 1.29 is 4.74 Å². The SMILES string of the molecule is CCC(N)Cc1cc(C)nc(C(C)(C)OC)n1. The van der Waals surface area contributed by atoms with Crippen LogP contribution in [0.5, 0.6) is 0 Å². The van der Waals surface area contributed by atoms with E-state index in [1.165, 1.54) is 0 Å². The summed E-state index contributed by atoms with van der Waals surface area (Å²) >= 11 is 0. The Kier molecular flexibility index (Phi) is 4.60. The van der Waals surface area contributed by atoms with E-state index >= 15 is 0 Å². The molecule has 0 spiro atoms. The number of nitrogens with two attached hydrogens (primary N) is 1. The molecule has 1 unspecified atom stereocenters. The van der Waals surface area contributed by atoms with E-state index in [1.54, 1.807) is 7.11 Å². The van der Waals surface area contributed by atoms with Crippen LogP contribution in [0.3, 0.4) is 0 Å². The fourth-order valence-electron chi connectivity index (χ4n) is 1.51. The van der Waals surface area contributed by atoms with Crippen LogP contribution in [0.4, 0.5) is 0 Å². The molecule has 17 heavy (non-hydrogen) atoms. The third-order valence-electron chi connectivity index (χ3n) is 2.95. The maximum absolute atomic E-state index is 5.96. The van der Waals surface area contributed by atoms with Crippen LogP contribution >= 0.6 is 0 Å². The van der Waals surface area contributed by atoms with Crippen molar-refractivity contribution in [3.8, 4) is 0 Å². The summed E-state index contributed by atoms with van der Waals surface area (Å²) < 4.78 is 5.41. The molecule has 0 fully saturated rings. The van der Waals surface area contributed by atoms with Crippen molar-refractivity contribution in [1.29, 1.82) is 0 Å². The lowest BCUT2D eigenvalue weighted by Crippen LogP contribution is -2.26. The van der Waals surface area contributed by atoms with Crippen LogP contribution in [-0.2, 0) is 16.8 Å². The summed E-state index contributed by atoms with van der Waals surface area (Å²) in [7, 11) is 1.67. The minimum absolute atomic E-state index is 0.155. The summed E-state index contributed by atoms with van der Waals surface area (Å²) in [6.45, 7) is 7.98. The summed E-state index contributed by atoms with van der Waals surface area (Å²) in [6, 6.07) is 2.15. The molecule has 2 N–H and O–H groups in total. The number of methoxy groups -OCH3 is 1. The van der Waals surface area contributed by atoms with Gasteiger partial charge in [0.25, 0.3) is 0 Å². The number of aryl methyl sites for hydroxylation is 1. The van der Waals surface area contributed by atoms with Crippen LogP contribution in [0.25, 0.3) is 0 Å². The van der Waals surface area contributed by atoms with Gasteiger partial charge in [0.15, 0.2) is 5.82 Å². The molecule has 1 atom stereocenters. The van der Waals surface area contributed by atoms with Crippen LogP contribution < -0.4 is 5.73 Å². The van der Waals surface area contributed by atoms with Gasteiger partial charge in [0.2, 0.25) is 0 Å². The summed E-state index contributed by atoms with van der Waals surface area (Å²) in [5.41, 5.74) is 7.44. The largest absolute Gasteiger partial charge is 0.371 e. The molecule has 0 amide bonds. The van der Waals surface area contributed by atoms with E-state index in [9.17, 15) is 0 Å². The molecule has 1 heterocycles. The molecule has 96 valence electrons. The van der Waals surface area contributed by atoms with Gasteiger partial charge < -0.3 is 10.5 Å². The molecular formula is C13H23N3O. The van der Waals surface area contributed by atoms with Crippen molar-refractivity contribution >= 4 is 0 Å². The van der Waals surface area contributed by atoms with Gasteiger partial charge in [0.05, 0.1) is 0 Å². The van der Waals surface area contributed by atoms with E-state index in [0.717, 1.165) is 30.1 Å². The Labute approximate surface area is 104 Å². The normalized spacial score (nSPS) is 13.8. The number of ether oxygens (including phenoxy) is 1. The zero-order chi connectivity index (χ0) is 13.1. The fourth-order valence-corrected chi connectivity index (χ4v) is 1.51. The molecule has 0 aliphatic heterocycles. The average molecular weight is 237 g/mol. The van der Waals surface area contributed by atoms with E-state index in [4.69, 9.17) is 10.5 Å². The van der Waals surface area contributed by atoms with Crippen molar-refractivity contribution in [1.82, 2.24) is 9.97 Å². The first-order valence-corrected chi connectivity index (χ1v) is 6.04. The van der Waals surface area contributed by atoms with Gasteiger partial charge in [0.1, 0.15) is 5.60 Å². The van der Waals surface area contributed by atoms with E-state index in [2.05, 4.69) is 16.9 Å². The highest BCUT2D eigenvalue weighted by molar-refractivity contribution is 5.14. The molecule has 1 rings (SSSR count). The highest BCUT2D eigenvalue weighted by atomic mass is 16.5. The standard InChI is InChI=1S/C13H23N3O/c1-6-10(14)8-11-7-9(2)15-12(16-11)13(3,4)17-5/h7,10H,6,8,14H2,1-5H3. The zero-order valence-electron chi connectivity index (χ0n) is 11.4. The van der Waals surface area contributed by atoms with Gasteiger partial charge in [-0.1, -0.05) is 6.92 Å². The van der Waals surface area contributed by atoms with E-state index in [0.29, 0.717) is 0 Å². The minimum Gasteiger partial charge on any atom is -0.371 e. The highest BCUT2D eigenvalue weighted by Crippen LogP contribution is 2.20. The predicted octanol–water partition coefficient (Wildman–Crippen LogP) is 1.95. The first-order chi connectivity index (χ1) is 7.89. The number of hydrogen-bond donors (Lipinski definition) is 1. The van der Waals surface area contributed by atoms with Crippen molar-refractivity contribution in [3.63, 3.8) is 0 Å². The lowest BCUT2D eigenvalue weighted by atomic mass is 10.1. The van der Waals surface area contributed by atoms with Crippen molar-refractivity contribution in [2.45, 2.75) is 52.2 Å². The summed E-state index contributed by atoms with van der Waals surface area (Å²) in [4.78, 5) is 8.98. The van der Waals surface area contributed by atoms with Gasteiger partial charge in [-0.2, -0.15) is 0 Å². The van der Waals surface area contributed by atoms with Crippen LogP contribution in [0.1, 0.15) is 44.4 Å². The van der Waals surface area contributed by atoms with Crippen LogP contribution in [0, 0.1) is 6.92 Å². The Balaban J connectivity index is 3.02. The third kappa shape index (κ3) is 3.75. The maximum atomic E-state index is 5.96. The Morgan fingerprint density at radius 2 is 2.06 bits per heavy atom. The Hall–Kier alpha value is -1.00. The number of hydrogen-bond acceptors (Lipinski definition) is 4. The quantitative estimate of drug-likeness (QED) is 0.850. The van der Waals surface area contributed by atoms with Gasteiger partial charge in [-0.25, -0.2) is 9.97 Å². The second-order valence-electron chi connectivity index (χ2n) is 4.91. The first kappa shape index (κ1) is 14.1. The zero-order valence-corrected chi connectivity index (χ0v) is 11.4. The molecular weight excluding hydrogens is 214 g/mol. The summed E-state index contributed by atoms with van der Waals surface area (Å²) in [5.74, 6) is 0.721. The number of aromatic nitrogens is 2.